The average molecular weight is 340 g/mol. The lowest BCUT2D eigenvalue weighted by molar-refractivity contribution is -0.120. The maximum Gasteiger partial charge on any atom is 0.340 e. The van der Waals surface area contributed by atoms with Gasteiger partial charge in [0.05, 0.1) is 24.9 Å². The number of nitrogens with one attached hydrogen (secondary N) is 2. The molecule has 1 aromatic rings. The van der Waals surface area contributed by atoms with E-state index in [-0.39, 0.29) is 29.7 Å². The van der Waals surface area contributed by atoms with Gasteiger partial charge in [-0.15, -0.1) is 0 Å². The molecule has 24 heavy (non-hydrogen) atoms. The van der Waals surface area contributed by atoms with Gasteiger partial charge < -0.3 is 15.4 Å². The number of amides is 1. The number of carbonyl (C=O) groups is 2. The summed E-state index contributed by atoms with van der Waals surface area (Å²) in [6.07, 6.45) is 4.02. The lowest BCUT2D eigenvalue weighted by atomic mass is 9.87. The highest BCUT2D eigenvalue weighted by Crippen LogP contribution is 2.23. The molecule has 0 bridgehead atoms. The van der Waals surface area contributed by atoms with Gasteiger partial charge in [0.1, 0.15) is 11.6 Å². The van der Waals surface area contributed by atoms with E-state index in [1.54, 1.807) is 0 Å². The summed E-state index contributed by atoms with van der Waals surface area (Å²) in [6.45, 7) is 2.03. The van der Waals surface area contributed by atoms with Crippen molar-refractivity contribution in [3.05, 3.63) is 29.3 Å². The fourth-order valence-corrected chi connectivity index (χ4v) is 2.81. The number of halogens is 2. The summed E-state index contributed by atoms with van der Waals surface area (Å²) < 4.78 is 31.8. The molecule has 0 heterocycles. The molecular formula is C17H22F2N2O3. The van der Waals surface area contributed by atoms with Crippen LogP contribution in [0.5, 0.6) is 0 Å². The number of ether oxygens (including phenoxy) is 1. The third-order valence-electron chi connectivity index (χ3n) is 4.28. The molecule has 0 aromatic heterocycles. The Kier molecular flexibility index (Phi) is 6.11. The standard InChI is InChI=1S/C17H22F2N2O3/c1-10-3-5-11(6-4-10)21-16(22)9-20-15-7-12(17(23)24-2)13(18)8-14(15)19/h7-8,10-11,20H,3-6,9H2,1-2H3,(H,21,22). The van der Waals surface area contributed by atoms with E-state index in [1.165, 1.54) is 0 Å². The first-order valence-corrected chi connectivity index (χ1v) is 8.01. The Hall–Kier alpha value is -2.18. The van der Waals surface area contributed by atoms with Gasteiger partial charge in [-0.05, 0) is 37.7 Å². The molecule has 1 amide bonds. The van der Waals surface area contributed by atoms with Crippen LogP contribution in [0.25, 0.3) is 0 Å². The molecule has 1 saturated carbocycles. The molecule has 0 atom stereocenters. The first kappa shape index (κ1) is 18.2. The molecule has 0 unspecified atom stereocenters. The van der Waals surface area contributed by atoms with Crippen LogP contribution in [-0.2, 0) is 9.53 Å². The number of carbonyl (C=O) groups excluding carboxylic acids is 2. The number of methoxy groups -OCH3 is 1. The molecule has 0 aliphatic heterocycles. The van der Waals surface area contributed by atoms with E-state index in [1.807, 2.05) is 0 Å². The Morgan fingerprint density at radius 3 is 2.46 bits per heavy atom. The second kappa shape index (κ2) is 8.08. The van der Waals surface area contributed by atoms with E-state index in [0.717, 1.165) is 38.9 Å². The molecule has 1 fully saturated rings. The maximum absolute atomic E-state index is 13.8. The number of benzene rings is 1. The minimum atomic E-state index is -1.01. The van der Waals surface area contributed by atoms with E-state index < -0.39 is 17.6 Å². The van der Waals surface area contributed by atoms with Gasteiger partial charge in [0, 0.05) is 12.1 Å². The fraction of sp³-hybridized carbons (Fsp3) is 0.529. The molecule has 0 spiro atoms. The average Bonchev–Trinajstić information content (AvgIpc) is 2.55. The number of esters is 1. The summed E-state index contributed by atoms with van der Waals surface area (Å²) in [4.78, 5) is 23.4. The topological polar surface area (TPSA) is 67.4 Å². The van der Waals surface area contributed by atoms with Gasteiger partial charge in [0.2, 0.25) is 5.91 Å². The van der Waals surface area contributed by atoms with Crippen molar-refractivity contribution in [2.75, 3.05) is 19.0 Å². The van der Waals surface area contributed by atoms with E-state index in [9.17, 15) is 18.4 Å². The molecule has 2 N–H and O–H groups in total. The first-order chi connectivity index (χ1) is 11.4. The highest BCUT2D eigenvalue weighted by Gasteiger charge is 2.20. The van der Waals surface area contributed by atoms with Crippen LogP contribution in [0.4, 0.5) is 14.5 Å². The molecule has 7 heteroatoms. The second-order valence-electron chi connectivity index (χ2n) is 6.18. The SMILES string of the molecule is COC(=O)c1cc(NCC(=O)NC2CCC(C)CC2)c(F)cc1F. The third-order valence-corrected chi connectivity index (χ3v) is 4.28. The Bertz CT molecular complexity index is 614. The molecule has 0 saturated heterocycles. The summed E-state index contributed by atoms with van der Waals surface area (Å²) >= 11 is 0. The molecule has 132 valence electrons. The molecule has 1 aliphatic carbocycles. The van der Waals surface area contributed by atoms with Crippen LogP contribution >= 0.6 is 0 Å². The first-order valence-electron chi connectivity index (χ1n) is 8.01. The summed E-state index contributed by atoms with van der Waals surface area (Å²) in [7, 11) is 1.11. The van der Waals surface area contributed by atoms with Crippen LogP contribution in [-0.4, -0.2) is 31.6 Å². The Morgan fingerprint density at radius 2 is 1.83 bits per heavy atom. The van der Waals surface area contributed by atoms with Gasteiger partial charge in [-0.1, -0.05) is 6.92 Å². The molecule has 1 aromatic carbocycles. The van der Waals surface area contributed by atoms with E-state index in [0.29, 0.717) is 12.0 Å². The molecule has 1 aliphatic rings. The zero-order valence-electron chi connectivity index (χ0n) is 13.8. The van der Waals surface area contributed by atoms with Crippen LogP contribution in [0, 0.1) is 17.6 Å². The smallest absolute Gasteiger partial charge is 0.340 e. The van der Waals surface area contributed by atoms with Crippen LogP contribution in [0.1, 0.15) is 43.0 Å². The molecule has 0 radical (unpaired) electrons. The van der Waals surface area contributed by atoms with Crippen molar-refractivity contribution in [1.29, 1.82) is 0 Å². The Balaban J connectivity index is 1.93. The minimum Gasteiger partial charge on any atom is -0.465 e. The largest absolute Gasteiger partial charge is 0.465 e. The van der Waals surface area contributed by atoms with Gasteiger partial charge in [0.15, 0.2) is 0 Å². The van der Waals surface area contributed by atoms with Gasteiger partial charge in [-0.2, -0.15) is 0 Å². The predicted molar refractivity (Wildman–Crippen MR) is 85.7 cm³/mol. The van der Waals surface area contributed by atoms with Crippen molar-refractivity contribution >= 4 is 17.6 Å². The lowest BCUT2D eigenvalue weighted by Gasteiger charge is -2.27. The highest BCUT2D eigenvalue weighted by molar-refractivity contribution is 5.91. The van der Waals surface area contributed by atoms with Gasteiger partial charge in [-0.25, -0.2) is 13.6 Å². The number of hydrogen-bond acceptors (Lipinski definition) is 4. The lowest BCUT2D eigenvalue weighted by Crippen LogP contribution is -2.40. The third kappa shape index (κ3) is 4.66. The molecular weight excluding hydrogens is 318 g/mol. The molecule has 5 nitrogen and oxygen atoms in total. The number of anilines is 1. The van der Waals surface area contributed by atoms with Crippen molar-refractivity contribution in [1.82, 2.24) is 5.32 Å². The van der Waals surface area contributed by atoms with Crippen LogP contribution in [0.2, 0.25) is 0 Å². The summed E-state index contributed by atoms with van der Waals surface area (Å²) in [5.74, 6) is -2.37. The number of hydrogen-bond donors (Lipinski definition) is 2. The zero-order valence-corrected chi connectivity index (χ0v) is 13.8. The van der Waals surface area contributed by atoms with Gasteiger partial charge >= 0.3 is 5.97 Å². The zero-order chi connectivity index (χ0) is 17.7. The van der Waals surface area contributed by atoms with Gasteiger partial charge in [-0.3, -0.25) is 4.79 Å². The van der Waals surface area contributed by atoms with E-state index in [4.69, 9.17) is 0 Å². The van der Waals surface area contributed by atoms with Crippen LogP contribution in [0.3, 0.4) is 0 Å². The molecule has 2 rings (SSSR count). The minimum absolute atomic E-state index is 0.121. The number of rotatable bonds is 5. The van der Waals surface area contributed by atoms with Crippen molar-refractivity contribution in [3.63, 3.8) is 0 Å². The predicted octanol–water partition coefficient (Wildman–Crippen LogP) is 2.86. The van der Waals surface area contributed by atoms with Crippen LogP contribution < -0.4 is 10.6 Å². The quantitative estimate of drug-likeness (QED) is 0.809. The van der Waals surface area contributed by atoms with Crippen molar-refractivity contribution in [3.8, 4) is 0 Å². The van der Waals surface area contributed by atoms with Crippen molar-refractivity contribution < 1.29 is 23.1 Å². The van der Waals surface area contributed by atoms with Gasteiger partial charge in [0.25, 0.3) is 0 Å². The highest BCUT2D eigenvalue weighted by atomic mass is 19.1. The van der Waals surface area contributed by atoms with Crippen molar-refractivity contribution in [2.24, 2.45) is 5.92 Å². The summed E-state index contributed by atoms with van der Waals surface area (Å²) in [6, 6.07) is 1.74. The van der Waals surface area contributed by atoms with Crippen LogP contribution in [0.15, 0.2) is 12.1 Å². The van der Waals surface area contributed by atoms with E-state index >= 15 is 0 Å². The summed E-state index contributed by atoms with van der Waals surface area (Å²) in [5, 5.41) is 5.50. The fourth-order valence-electron chi connectivity index (χ4n) is 2.81. The van der Waals surface area contributed by atoms with Crippen molar-refractivity contribution in [2.45, 2.75) is 38.6 Å². The second-order valence-corrected chi connectivity index (χ2v) is 6.18. The Labute approximate surface area is 139 Å². The Morgan fingerprint density at radius 1 is 1.17 bits per heavy atom. The normalized spacial score (nSPS) is 20.3. The monoisotopic (exact) mass is 340 g/mol. The maximum atomic E-state index is 13.8. The summed E-state index contributed by atoms with van der Waals surface area (Å²) in [5.41, 5.74) is -0.507. The van der Waals surface area contributed by atoms with E-state index in [2.05, 4.69) is 22.3 Å².